The second kappa shape index (κ2) is 6.71. The smallest absolute Gasteiger partial charge is 0.258 e. The van der Waals surface area contributed by atoms with E-state index in [0.29, 0.717) is 17.2 Å². The molecule has 0 aliphatic rings. The van der Waals surface area contributed by atoms with Gasteiger partial charge in [-0.15, -0.1) is 0 Å². The number of ether oxygens (including phenoxy) is 1. The van der Waals surface area contributed by atoms with Gasteiger partial charge in [0.1, 0.15) is 22.9 Å². The number of benzene rings is 1. The number of imidazole rings is 1. The molecule has 5 nitrogen and oxygen atoms in total. The first-order valence-corrected chi connectivity index (χ1v) is 8.09. The molecule has 1 N–H and O–H groups in total. The van der Waals surface area contributed by atoms with Crippen molar-refractivity contribution in [2.45, 2.75) is 11.8 Å². The van der Waals surface area contributed by atoms with E-state index in [-0.39, 0.29) is 0 Å². The zero-order chi connectivity index (χ0) is 17.3. The monoisotopic (exact) mass is 363 g/mol. The third-order valence-corrected chi connectivity index (χ3v) is 3.97. The van der Waals surface area contributed by atoms with Crippen LogP contribution in [-0.2, 0) is 4.79 Å². The Bertz CT molecular complexity index is 889. The minimum atomic E-state index is -1.16. The lowest BCUT2D eigenvalue weighted by atomic mass is 10.1. The summed E-state index contributed by atoms with van der Waals surface area (Å²) in [5.41, 5.74) is 3.21. The summed E-state index contributed by atoms with van der Waals surface area (Å²) in [6.45, 7) is 1.96. The lowest BCUT2D eigenvalue weighted by molar-refractivity contribution is -0.114. The first-order chi connectivity index (χ1) is 11.5. The molecule has 7 heteroatoms. The number of hydrogen-bond donors (Lipinski definition) is 1. The second-order valence-corrected chi connectivity index (χ2v) is 6.36. The van der Waals surface area contributed by atoms with Crippen LogP contribution in [0.25, 0.3) is 16.9 Å². The molecule has 0 atom stereocenters. The molecule has 0 saturated heterocycles. The molecule has 0 aliphatic heterocycles. The first kappa shape index (κ1) is 16.6. The number of fused-ring (bicyclic) bond motifs is 1. The van der Waals surface area contributed by atoms with Crippen LogP contribution < -0.4 is 10.1 Å². The highest BCUT2D eigenvalue weighted by Gasteiger charge is 2.19. The van der Waals surface area contributed by atoms with Crippen molar-refractivity contribution in [2.75, 3.05) is 12.4 Å². The van der Waals surface area contributed by atoms with Crippen molar-refractivity contribution < 1.29 is 9.53 Å². The Morgan fingerprint density at radius 3 is 2.54 bits per heavy atom. The van der Waals surface area contributed by atoms with Gasteiger partial charge in [-0.2, -0.15) is 0 Å². The van der Waals surface area contributed by atoms with Crippen LogP contribution in [0.2, 0.25) is 0 Å². The van der Waals surface area contributed by atoms with Crippen LogP contribution in [-0.4, -0.2) is 27.2 Å². The summed E-state index contributed by atoms with van der Waals surface area (Å²) in [5, 5.41) is 2.75. The molecule has 3 aromatic rings. The Hall–Kier alpha value is -2.24. The molecule has 2 heterocycles. The Balaban J connectivity index is 2.16. The Kier molecular flexibility index (Phi) is 4.64. The predicted octanol–water partition coefficient (Wildman–Crippen LogP) is 4.06. The fourth-order valence-electron chi connectivity index (χ4n) is 2.39. The van der Waals surface area contributed by atoms with E-state index < -0.39 is 10.7 Å². The van der Waals surface area contributed by atoms with Gasteiger partial charge in [-0.25, -0.2) is 4.98 Å². The zero-order valence-corrected chi connectivity index (χ0v) is 14.6. The number of aromatic nitrogens is 2. The molecule has 24 heavy (non-hydrogen) atoms. The van der Waals surface area contributed by atoms with Gasteiger partial charge in [0.2, 0.25) is 0 Å². The molecule has 0 unspecified atom stereocenters. The average Bonchev–Trinajstić information content (AvgIpc) is 2.92. The maximum absolute atomic E-state index is 12.0. The fourth-order valence-corrected chi connectivity index (χ4v) is 2.50. The molecule has 0 bridgehead atoms. The summed E-state index contributed by atoms with van der Waals surface area (Å²) < 4.78 is 6.98. The highest BCUT2D eigenvalue weighted by atomic mass is 35.5. The molecule has 124 valence electrons. The standard InChI is InChI=1S/C17H15Cl2N3O2/c1-10-3-8-13-20-14(11-4-6-12(24-2)7-5-11)16(22(13)9-10)21-17(23)15(18)19/h3-9,15H,1-2H3,(H,21,23). The van der Waals surface area contributed by atoms with E-state index >= 15 is 0 Å². The van der Waals surface area contributed by atoms with Crippen molar-refractivity contribution >= 4 is 40.6 Å². The number of carbonyl (C=O) groups is 1. The van der Waals surface area contributed by atoms with Crippen LogP contribution in [0.1, 0.15) is 5.56 Å². The van der Waals surface area contributed by atoms with Crippen molar-refractivity contribution in [3.63, 3.8) is 0 Å². The number of alkyl halides is 2. The van der Waals surface area contributed by atoms with Crippen molar-refractivity contribution in [3.05, 3.63) is 48.2 Å². The number of nitrogens with zero attached hydrogens (tertiary/aromatic N) is 2. The largest absolute Gasteiger partial charge is 0.497 e. The molecule has 0 spiro atoms. The zero-order valence-electron chi connectivity index (χ0n) is 13.1. The van der Waals surface area contributed by atoms with Gasteiger partial charge < -0.3 is 10.1 Å². The van der Waals surface area contributed by atoms with E-state index in [1.54, 1.807) is 7.11 Å². The Morgan fingerprint density at radius 1 is 1.21 bits per heavy atom. The summed E-state index contributed by atoms with van der Waals surface area (Å²) in [4.78, 5) is 15.4. The van der Waals surface area contributed by atoms with Crippen LogP contribution in [0, 0.1) is 6.92 Å². The average molecular weight is 364 g/mol. The molecule has 0 aliphatic carbocycles. The highest BCUT2D eigenvalue weighted by molar-refractivity contribution is 6.54. The van der Waals surface area contributed by atoms with Gasteiger partial charge in [0.25, 0.3) is 5.91 Å². The van der Waals surface area contributed by atoms with Crippen molar-refractivity contribution in [1.82, 2.24) is 9.38 Å². The molecule has 1 amide bonds. The lowest BCUT2D eigenvalue weighted by Gasteiger charge is -2.09. The SMILES string of the molecule is COc1ccc(-c2nc3ccc(C)cn3c2NC(=O)C(Cl)Cl)cc1. The third kappa shape index (κ3) is 3.18. The third-order valence-electron chi connectivity index (χ3n) is 3.57. The molecule has 1 aromatic carbocycles. The minimum absolute atomic E-state index is 0.503. The van der Waals surface area contributed by atoms with E-state index in [2.05, 4.69) is 10.3 Å². The number of halogens is 2. The maximum atomic E-state index is 12.0. The molecular formula is C17H15Cl2N3O2. The second-order valence-electron chi connectivity index (χ2n) is 5.26. The van der Waals surface area contributed by atoms with Gasteiger partial charge in [-0.05, 0) is 42.8 Å². The number of nitrogens with one attached hydrogen (secondary N) is 1. The molecule has 3 rings (SSSR count). The number of hydrogen-bond acceptors (Lipinski definition) is 3. The van der Waals surface area contributed by atoms with Gasteiger partial charge in [0.15, 0.2) is 4.84 Å². The maximum Gasteiger partial charge on any atom is 0.258 e. The summed E-state index contributed by atoms with van der Waals surface area (Å²) in [6, 6.07) is 11.3. The molecular weight excluding hydrogens is 349 g/mol. The van der Waals surface area contributed by atoms with Crippen molar-refractivity contribution in [3.8, 4) is 17.0 Å². The quantitative estimate of drug-likeness (QED) is 0.711. The van der Waals surface area contributed by atoms with E-state index in [4.69, 9.17) is 27.9 Å². The topological polar surface area (TPSA) is 55.6 Å². The summed E-state index contributed by atoms with van der Waals surface area (Å²) in [6.07, 6.45) is 1.89. The van der Waals surface area contributed by atoms with E-state index in [1.807, 2.05) is 53.9 Å². The van der Waals surface area contributed by atoms with Crippen LogP contribution in [0.4, 0.5) is 5.82 Å². The van der Waals surface area contributed by atoms with Crippen molar-refractivity contribution in [1.29, 1.82) is 0 Å². The predicted molar refractivity (Wildman–Crippen MR) is 96.0 cm³/mol. The number of aryl methyl sites for hydroxylation is 1. The van der Waals surface area contributed by atoms with Crippen LogP contribution in [0.15, 0.2) is 42.6 Å². The first-order valence-electron chi connectivity index (χ1n) is 7.21. The number of carbonyl (C=O) groups excluding carboxylic acids is 1. The van der Waals surface area contributed by atoms with Gasteiger partial charge >= 0.3 is 0 Å². The normalized spacial score (nSPS) is 11.0. The lowest BCUT2D eigenvalue weighted by Crippen LogP contribution is -2.20. The number of amides is 1. The molecule has 0 saturated carbocycles. The number of pyridine rings is 1. The van der Waals surface area contributed by atoms with Crippen LogP contribution >= 0.6 is 23.2 Å². The Labute approximate surface area is 149 Å². The molecule has 2 aromatic heterocycles. The van der Waals surface area contributed by atoms with Crippen LogP contribution in [0.3, 0.4) is 0 Å². The fraction of sp³-hybridized carbons (Fsp3) is 0.176. The van der Waals surface area contributed by atoms with Crippen molar-refractivity contribution in [2.24, 2.45) is 0 Å². The number of anilines is 1. The van der Waals surface area contributed by atoms with Gasteiger partial charge in [-0.3, -0.25) is 9.20 Å². The summed E-state index contributed by atoms with van der Waals surface area (Å²) >= 11 is 11.3. The number of rotatable bonds is 4. The van der Waals surface area contributed by atoms with Gasteiger partial charge in [0.05, 0.1) is 7.11 Å². The summed E-state index contributed by atoms with van der Waals surface area (Å²) in [5.74, 6) is 0.761. The van der Waals surface area contributed by atoms with Gasteiger partial charge in [-0.1, -0.05) is 29.3 Å². The Morgan fingerprint density at radius 2 is 1.92 bits per heavy atom. The van der Waals surface area contributed by atoms with Crippen LogP contribution in [0.5, 0.6) is 5.75 Å². The number of methoxy groups -OCH3 is 1. The molecule has 0 radical (unpaired) electrons. The van der Waals surface area contributed by atoms with E-state index in [9.17, 15) is 4.79 Å². The molecule has 0 fully saturated rings. The highest BCUT2D eigenvalue weighted by Crippen LogP contribution is 2.30. The summed E-state index contributed by atoms with van der Waals surface area (Å²) in [7, 11) is 1.61. The minimum Gasteiger partial charge on any atom is -0.497 e. The van der Waals surface area contributed by atoms with E-state index in [1.165, 1.54) is 0 Å². The van der Waals surface area contributed by atoms with E-state index in [0.717, 1.165) is 16.9 Å². The van der Waals surface area contributed by atoms with Gasteiger partial charge in [0, 0.05) is 11.8 Å².